The number of Topliss-reactive ketones (excluding diaryl/α,β-unsaturated/α-hetero) is 1. The Labute approximate surface area is 220 Å². The molecule has 1 aliphatic rings. The molecule has 7 N–H and O–H groups in total. The minimum absolute atomic E-state index is 0.0149. The second-order valence-electron chi connectivity index (χ2n) is 8.78. The van der Waals surface area contributed by atoms with Gasteiger partial charge in [-0.2, -0.15) is 8.62 Å². The van der Waals surface area contributed by atoms with Crippen molar-refractivity contribution in [2.24, 2.45) is 5.92 Å². The summed E-state index contributed by atoms with van der Waals surface area (Å²) in [6.45, 7) is 3.90. The summed E-state index contributed by atoms with van der Waals surface area (Å²) in [5.41, 5.74) is -0.924. The highest BCUT2D eigenvalue weighted by atomic mass is 31.3. The minimum atomic E-state index is -5.79. The SMILES string of the molecule is CC(=O)C(CC=C(C)C)Cc1cn([C@@H]2O[C@H](COP(=O)(O)OP(=O)(O)OP(=O)(O)O)C(O)[C@@H]2O)c(=O)[nH]c1=O. The van der Waals surface area contributed by atoms with E-state index in [1.54, 1.807) is 6.08 Å². The number of aliphatic hydroxyl groups excluding tert-OH is 2. The molecule has 2 heterocycles. The molecule has 39 heavy (non-hydrogen) atoms. The van der Waals surface area contributed by atoms with Gasteiger partial charge in [0.05, 0.1) is 6.61 Å². The lowest BCUT2D eigenvalue weighted by Gasteiger charge is -2.19. The predicted octanol–water partition coefficient (Wildman–Crippen LogP) is -0.397. The molecule has 0 bridgehead atoms. The summed E-state index contributed by atoms with van der Waals surface area (Å²) in [6, 6.07) is 0. The maximum Gasteiger partial charge on any atom is 0.490 e. The molecular weight excluding hydrogens is 593 g/mol. The monoisotopic (exact) mass is 622 g/mol. The number of nitrogens with one attached hydrogen (secondary N) is 1. The van der Waals surface area contributed by atoms with Gasteiger partial charge in [0.25, 0.3) is 5.56 Å². The van der Waals surface area contributed by atoms with Crippen LogP contribution in [0, 0.1) is 5.92 Å². The van der Waals surface area contributed by atoms with E-state index >= 15 is 0 Å². The van der Waals surface area contributed by atoms with E-state index in [-0.39, 0.29) is 17.8 Å². The van der Waals surface area contributed by atoms with Crippen LogP contribution in [0.2, 0.25) is 0 Å². The Kier molecular flexibility index (Phi) is 11.1. The highest BCUT2D eigenvalue weighted by Gasteiger charge is 2.47. The van der Waals surface area contributed by atoms with Gasteiger partial charge in [-0.1, -0.05) is 11.6 Å². The maximum atomic E-state index is 12.4. The van der Waals surface area contributed by atoms with Crippen LogP contribution in [0.3, 0.4) is 0 Å². The Bertz CT molecular complexity index is 1340. The molecule has 222 valence electrons. The second kappa shape index (κ2) is 12.9. The number of allylic oxidation sites excluding steroid dienone is 2. The van der Waals surface area contributed by atoms with Gasteiger partial charge in [-0.3, -0.25) is 23.7 Å². The summed E-state index contributed by atoms with van der Waals surface area (Å²) >= 11 is 0. The zero-order chi connectivity index (χ0) is 29.9. The first kappa shape index (κ1) is 33.6. The molecule has 1 saturated heterocycles. The van der Waals surface area contributed by atoms with E-state index in [2.05, 4.69) is 13.1 Å². The topological polar surface area (TPSA) is 281 Å². The number of phosphoric acid groups is 3. The van der Waals surface area contributed by atoms with Gasteiger partial charge >= 0.3 is 29.2 Å². The maximum absolute atomic E-state index is 12.4. The Morgan fingerprint density at radius 3 is 2.23 bits per heavy atom. The number of hydrogen-bond acceptors (Lipinski definition) is 12. The molecule has 1 aromatic rings. The number of H-pyrrole nitrogens is 1. The fraction of sp³-hybridized carbons (Fsp3) is 0.611. The number of rotatable bonds is 13. The van der Waals surface area contributed by atoms with Crippen molar-refractivity contribution in [1.82, 2.24) is 9.55 Å². The molecule has 4 unspecified atom stereocenters. The molecular formula is C18H29N2O16P3. The number of ether oxygens (including phenoxy) is 1. The van der Waals surface area contributed by atoms with Crippen molar-refractivity contribution in [3.8, 4) is 0 Å². The third-order valence-corrected chi connectivity index (χ3v) is 9.13. The number of hydrogen-bond donors (Lipinski definition) is 7. The molecule has 0 saturated carbocycles. The third-order valence-electron chi connectivity index (χ3n) is 5.32. The van der Waals surface area contributed by atoms with Gasteiger partial charge in [-0.15, -0.1) is 0 Å². The predicted molar refractivity (Wildman–Crippen MR) is 129 cm³/mol. The van der Waals surface area contributed by atoms with E-state index in [9.17, 15) is 48.1 Å². The van der Waals surface area contributed by atoms with Gasteiger partial charge in [-0.05, 0) is 33.6 Å². The van der Waals surface area contributed by atoms with E-state index in [0.29, 0.717) is 6.42 Å². The molecule has 0 aliphatic carbocycles. The van der Waals surface area contributed by atoms with E-state index in [1.807, 2.05) is 18.8 Å². The molecule has 18 nitrogen and oxygen atoms in total. The van der Waals surface area contributed by atoms with Crippen molar-refractivity contribution in [2.75, 3.05) is 6.61 Å². The largest absolute Gasteiger partial charge is 0.490 e. The zero-order valence-corrected chi connectivity index (χ0v) is 23.4. The van der Waals surface area contributed by atoms with Crippen molar-refractivity contribution < 1.29 is 66.2 Å². The van der Waals surface area contributed by atoms with Crippen LogP contribution in [0.25, 0.3) is 0 Å². The Morgan fingerprint density at radius 2 is 1.69 bits per heavy atom. The molecule has 21 heteroatoms. The van der Waals surface area contributed by atoms with Crippen LogP contribution in [0.5, 0.6) is 0 Å². The van der Waals surface area contributed by atoms with E-state index in [4.69, 9.17) is 14.5 Å². The Balaban J connectivity index is 2.21. The summed E-state index contributed by atoms with van der Waals surface area (Å²) < 4.78 is 51.7. The van der Waals surface area contributed by atoms with Crippen molar-refractivity contribution in [1.29, 1.82) is 0 Å². The molecule has 1 aromatic heterocycles. The molecule has 1 aliphatic heterocycles. The van der Waals surface area contributed by atoms with Gasteiger partial charge in [-0.25, -0.2) is 18.5 Å². The van der Waals surface area contributed by atoms with Crippen LogP contribution in [0.15, 0.2) is 27.4 Å². The number of aromatic amines is 1. The molecule has 0 radical (unpaired) electrons. The summed E-state index contributed by atoms with van der Waals surface area (Å²) in [5, 5.41) is 20.7. The minimum Gasteiger partial charge on any atom is -0.387 e. The third kappa shape index (κ3) is 10.1. The number of phosphoric ester groups is 1. The summed E-state index contributed by atoms with van der Waals surface area (Å²) in [4.78, 5) is 74.8. The van der Waals surface area contributed by atoms with Gasteiger partial charge in [0.15, 0.2) is 6.23 Å². The van der Waals surface area contributed by atoms with Crippen LogP contribution in [-0.2, 0) is 42.8 Å². The van der Waals surface area contributed by atoms with Crippen LogP contribution < -0.4 is 11.2 Å². The Hall–Kier alpha value is -1.62. The molecule has 2 rings (SSSR count). The van der Waals surface area contributed by atoms with Crippen molar-refractivity contribution >= 4 is 29.3 Å². The van der Waals surface area contributed by atoms with Crippen LogP contribution in [-0.4, -0.2) is 70.0 Å². The number of carbonyl (C=O) groups excluding carboxylic acids is 1. The molecule has 0 spiro atoms. The van der Waals surface area contributed by atoms with Crippen LogP contribution in [0.1, 0.15) is 39.0 Å². The summed E-state index contributed by atoms with van der Waals surface area (Å²) in [6.07, 6.45) is -3.96. The summed E-state index contributed by atoms with van der Waals surface area (Å²) in [7, 11) is -17.0. The molecule has 7 atom stereocenters. The van der Waals surface area contributed by atoms with Gasteiger partial charge < -0.3 is 34.5 Å². The standard InChI is InChI=1S/C18H29N2O16P3/c1-9(2)4-5-11(10(3)21)6-12-7-20(18(25)19-16(12)24)17-15(23)14(22)13(34-17)8-33-38(29,30)36-39(31,32)35-37(26,27)28/h4,7,11,13-15,17,22-23H,5-6,8H2,1-3H3,(H,29,30)(H,31,32)(H,19,24,25)(H2,26,27,28)/t11?,13-,14?,15+,17-/m1/s1. The van der Waals surface area contributed by atoms with Gasteiger partial charge in [0.2, 0.25) is 0 Å². The highest BCUT2D eigenvalue weighted by Crippen LogP contribution is 2.66. The fourth-order valence-corrected chi connectivity index (χ4v) is 6.50. The highest BCUT2D eigenvalue weighted by molar-refractivity contribution is 7.66. The molecule has 1 fully saturated rings. The quantitative estimate of drug-likeness (QED) is 0.109. The average molecular weight is 622 g/mol. The number of nitrogens with zero attached hydrogens (tertiary/aromatic N) is 1. The molecule has 0 amide bonds. The van der Waals surface area contributed by atoms with Crippen LogP contribution >= 0.6 is 23.5 Å². The van der Waals surface area contributed by atoms with Crippen molar-refractivity contribution in [2.45, 2.75) is 58.2 Å². The summed E-state index contributed by atoms with van der Waals surface area (Å²) in [5.74, 6) is -0.826. The lowest BCUT2D eigenvalue weighted by Crippen LogP contribution is -2.39. The number of carbonyl (C=O) groups is 1. The normalized spacial score (nSPS) is 25.5. The fourth-order valence-electron chi connectivity index (χ4n) is 3.47. The molecule has 0 aromatic carbocycles. The second-order valence-corrected chi connectivity index (χ2v) is 13.2. The van der Waals surface area contributed by atoms with Crippen LogP contribution in [0.4, 0.5) is 0 Å². The number of aromatic nitrogens is 2. The first-order chi connectivity index (χ1) is 17.7. The van der Waals surface area contributed by atoms with Crippen molar-refractivity contribution in [3.63, 3.8) is 0 Å². The van der Waals surface area contributed by atoms with Gasteiger partial charge in [0, 0.05) is 17.7 Å². The lowest BCUT2D eigenvalue weighted by atomic mass is 9.93. The first-order valence-corrected chi connectivity index (χ1v) is 15.5. The Morgan fingerprint density at radius 1 is 1.08 bits per heavy atom. The van der Waals surface area contributed by atoms with E-state index in [1.165, 1.54) is 6.92 Å². The number of ketones is 1. The van der Waals surface area contributed by atoms with Gasteiger partial charge in [0.1, 0.15) is 24.1 Å². The van der Waals surface area contributed by atoms with E-state index < -0.39 is 71.8 Å². The lowest BCUT2D eigenvalue weighted by molar-refractivity contribution is -0.120. The average Bonchev–Trinajstić information content (AvgIpc) is 3.02. The first-order valence-electron chi connectivity index (χ1n) is 11.0. The number of aliphatic hydroxyl groups is 2. The van der Waals surface area contributed by atoms with E-state index in [0.717, 1.165) is 16.3 Å². The van der Waals surface area contributed by atoms with Crippen molar-refractivity contribution in [3.05, 3.63) is 44.2 Å². The smallest absolute Gasteiger partial charge is 0.387 e. The zero-order valence-electron chi connectivity index (χ0n) is 20.7.